The summed E-state index contributed by atoms with van der Waals surface area (Å²) >= 11 is 0. The second-order valence-electron chi connectivity index (χ2n) is 6.75. The molecule has 0 saturated heterocycles. The van der Waals surface area contributed by atoms with Gasteiger partial charge in [0.1, 0.15) is 11.8 Å². The van der Waals surface area contributed by atoms with Crippen molar-refractivity contribution in [3.8, 4) is 11.8 Å². The number of rotatable bonds is 6. The molecule has 0 spiro atoms. The van der Waals surface area contributed by atoms with E-state index in [9.17, 15) is 4.79 Å². The van der Waals surface area contributed by atoms with Gasteiger partial charge in [-0.15, -0.1) is 0 Å². The van der Waals surface area contributed by atoms with Gasteiger partial charge in [-0.1, -0.05) is 26.0 Å². The molecule has 0 unspecified atom stereocenters. The van der Waals surface area contributed by atoms with Gasteiger partial charge < -0.3 is 14.8 Å². The Bertz CT molecular complexity index is 604. The highest BCUT2D eigenvalue weighted by molar-refractivity contribution is 5.79. The van der Waals surface area contributed by atoms with Gasteiger partial charge in [-0.3, -0.25) is 4.79 Å². The molecule has 2 rings (SSSR count). The molecular weight excluding hydrogens is 292 g/mol. The van der Waals surface area contributed by atoms with Gasteiger partial charge in [0.15, 0.2) is 6.61 Å². The average Bonchev–Trinajstić information content (AvgIpc) is 2.53. The van der Waals surface area contributed by atoms with E-state index >= 15 is 0 Å². The van der Waals surface area contributed by atoms with Gasteiger partial charge in [0.05, 0.1) is 12.0 Å². The normalized spacial score (nSPS) is 25.1. The zero-order valence-electron chi connectivity index (χ0n) is 14.2. The van der Waals surface area contributed by atoms with Crippen LogP contribution in [0.4, 0.5) is 0 Å². The fourth-order valence-corrected chi connectivity index (χ4v) is 2.97. The van der Waals surface area contributed by atoms with Crippen LogP contribution in [0.25, 0.3) is 0 Å². The Balaban J connectivity index is 1.87. The highest BCUT2D eigenvalue weighted by Crippen LogP contribution is 2.51. The molecule has 23 heavy (non-hydrogen) atoms. The lowest BCUT2D eigenvalue weighted by atomic mass is 9.56. The third-order valence-corrected chi connectivity index (χ3v) is 5.20. The van der Waals surface area contributed by atoms with Crippen molar-refractivity contribution in [1.29, 1.82) is 5.26 Å². The summed E-state index contributed by atoms with van der Waals surface area (Å²) < 4.78 is 10.8. The van der Waals surface area contributed by atoms with Crippen molar-refractivity contribution in [3.63, 3.8) is 0 Å². The summed E-state index contributed by atoms with van der Waals surface area (Å²) in [6.45, 7) is 6.34. The average molecular weight is 316 g/mol. The molecule has 1 saturated carbocycles. The first-order valence-corrected chi connectivity index (χ1v) is 7.75. The summed E-state index contributed by atoms with van der Waals surface area (Å²) in [5.41, 5.74) is 0.635. The van der Waals surface area contributed by atoms with E-state index in [1.807, 2.05) is 18.2 Å². The number of methoxy groups -OCH3 is 1. The number of nitrogens with one attached hydrogen (secondary N) is 1. The minimum absolute atomic E-state index is 0.00641. The SMILES string of the molecule is CO[C@]1(C)C[C@@H](NC(=O)Cc2ccc(OCC#N)cc2)C1(C)C. The molecule has 1 aliphatic rings. The topological polar surface area (TPSA) is 71.3 Å². The van der Waals surface area contributed by atoms with E-state index in [2.05, 4.69) is 26.1 Å². The number of nitrogens with zero attached hydrogens (tertiary/aromatic N) is 1. The summed E-state index contributed by atoms with van der Waals surface area (Å²) in [6.07, 6.45) is 1.15. The van der Waals surface area contributed by atoms with Crippen molar-refractivity contribution in [1.82, 2.24) is 5.32 Å². The number of benzene rings is 1. The van der Waals surface area contributed by atoms with Crippen LogP contribution < -0.4 is 10.1 Å². The minimum Gasteiger partial charge on any atom is -0.479 e. The van der Waals surface area contributed by atoms with Crippen molar-refractivity contribution in [2.24, 2.45) is 5.41 Å². The van der Waals surface area contributed by atoms with Gasteiger partial charge in [0.25, 0.3) is 0 Å². The second kappa shape index (κ2) is 6.59. The van der Waals surface area contributed by atoms with E-state index in [0.717, 1.165) is 12.0 Å². The predicted octanol–water partition coefficient (Wildman–Crippen LogP) is 2.45. The number of hydrogen-bond acceptors (Lipinski definition) is 4. The number of hydrogen-bond donors (Lipinski definition) is 1. The molecule has 1 amide bonds. The quantitative estimate of drug-likeness (QED) is 0.875. The number of amides is 1. The van der Waals surface area contributed by atoms with Gasteiger partial charge in [-0.05, 0) is 31.0 Å². The van der Waals surface area contributed by atoms with Crippen LogP contribution in [0, 0.1) is 16.7 Å². The fraction of sp³-hybridized carbons (Fsp3) is 0.556. The Morgan fingerprint density at radius 2 is 2.00 bits per heavy atom. The van der Waals surface area contributed by atoms with E-state index in [1.165, 1.54) is 0 Å². The lowest BCUT2D eigenvalue weighted by Crippen LogP contribution is -2.68. The molecule has 5 heteroatoms. The standard InChI is InChI=1S/C18H24N2O3/c1-17(2)15(12-18(17,3)22-4)20-16(21)11-13-5-7-14(8-6-13)23-10-9-19/h5-8,15H,10-12H2,1-4H3,(H,20,21)/t15-,18-/m1/s1. The molecule has 1 N–H and O–H groups in total. The highest BCUT2D eigenvalue weighted by Gasteiger charge is 2.58. The monoisotopic (exact) mass is 316 g/mol. The maximum atomic E-state index is 12.2. The molecule has 0 bridgehead atoms. The minimum atomic E-state index is -0.190. The molecule has 5 nitrogen and oxygen atoms in total. The molecule has 1 aromatic carbocycles. The lowest BCUT2D eigenvalue weighted by molar-refractivity contribution is -0.182. The Morgan fingerprint density at radius 1 is 1.35 bits per heavy atom. The number of carbonyl (C=O) groups excluding carboxylic acids is 1. The number of nitriles is 1. The molecular formula is C18H24N2O3. The van der Waals surface area contributed by atoms with Crippen molar-refractivity contribution in [2.45, 2.75) is 45.3 Å². The van der Waals surface area contributed by atoms with E-state index < -0.39 is 0 Å². The first-order chi connectivity index (χ1) is 10.8. The van der Waals surface area contributed by atoms with Crippen LogP contribution >= 0.6 is 0 Å². The summed E-state index contributed by atoms with van der Waals surface area (Å²) in [6, 6.07) is 9.28. The molecule has 1 fully saturated rings. The maximum absolute atomic E-state index is 12.2. The zero-order valence-corrected chi connectivity index (χ0v) is 14.2. The summed E-state index contributed by atoms with van der Waals surface area (Å²) in [7, 11) is 1.72. The van der Waals surface area contributed by atoms with Crippen LogP contribution in [0.5, 0.6) is 5.75 Å². The van der Waals surface area contributed by atoms with E-state index in [1.54, 1.807) is 19.2 Å². The van der Waals surface area contributed by atoms with Gasteiger partial charge in [0, 0.05) is 18.6 Å². The summed E-state index contributed by atoms with van der Waals surface area (Å²) in [4.78, 5) is 12.2. The van der Waals surface area contributed by atoms with Gasteiger partial charge in [-0.2, -0.15) is 5.26 Å². The molecule has 0 heterocycles. The molecule has 1 aliphatic carbocycles. The first kappa shape index (κ1) is 17.3. The van der Waals surface area contributed by atoms with Crippen LogP contribution in [0.2, 0.25) is 0 Å². The Labute approximate surface area is 137 Å². The Kier molecular flexibility index (Phi) is 4.96. The fourth-order valence-electron chi connectivity index (χ4n) is 2.97. The van der Waals surface area contributed by atoms with E-state index in [0.29, 0.717) is 12.2 Å². The van der Waals surface area contributed by atoms with Crippen LogP contribution in [-0.2, 0) is 16.0 Å². The largest absolute Gasteiger partial charge is 0.479 e. The van der Waals surface area contributed by atoms with E-state index in [4.69, 9.17) is 14.7 Å². The van der Waals surface area contributed by atoms with Crippen LogP contribution in [0.1, 0.15) is 32.8 Å². The molecule has 0 aliphatic heterocycles. The third kappa shape index (κ3) is 3.48. The second-order valence-corrected chi connectivity index (χ2v) is 6.75. The van der Waals surface area contributed by atoms with Crippen molar-refractivity contribution in [3.05, 3.63) is 29.8 Å². The summed E-state index contributed by atoms with van der Waals surface area (Å²) in [5, 5.41) is 11.6. The molecule has 2 atom stereocenters. The highest BCUT2D eigenvalue weighted by atomic mass is 16.5. The van der Waals surface area contributed by atoms with Crippen molar-refractivity contribution >= 4 is 5.91 Å². The molecule has 1 aromatic rings. The molecule has 124 valence electrons. The smallest absolute Gasteiger partial charge is 0.224 e. The predicted molar refractivity (Wildman–Crippen MR) is 87.0 cm³/mol. The number of ether oxygens (including phenoxy) is 2. The van der Waals surface area contributed by atoms with E-state index in [-0.39, 0.29) is 29.6 Å². The van der Waals surface area contributed by atoms with Crippen LogP contribution in [0.3, 0.4) is 0 Å². The Hall–Kier alpha value is -2.06. The maximum Gasteiger partial charge on any atom is 0.224 e. The first-order valence-electron chi connectivity index (χ1n) is 7.75. The summed E-state index contributed by atoms with van der Waals surface area (Å²) in [5.74, 6) is 0.638. The Morgan fingerprint density at radius 3 is 2.52 bits per heavy atom. The van der Waals surface area contributed by atoms with Gasteiger partial charge >= 0.3 is 0 Å². The van der Waals surface area contributed by atoms with Crippen molar-refractivity contribution in [2.75, 3.05) is 13.7 Å². The number of carbonyl (C=O) groups is 1. The van der Waals surface area contributed by atoms with Crippen LogP contribution in [0.15, 0.2) is 24.3 Å². The molecule has 0 aromatic heterocycles. The third-order valence-electron chi connectivity index (χ3n) is 5.20. The van der Waals surface area contributed by atoms with Gasteiger partial charge in [0.2, 0.25) is 5.91 Å². The molecule has 0 radical (unpaired) electrons. The zero-order chi connectivity index (χ0) is 17.1. The lowest BCUT2D eigenvalue weighted by Gasteiger charge is -2.59. The van der Waals surface area contributed by atoms with Gasteiger partial charge in [-0.25, -0.2) is 0 Å². The van der Waals surface area contributed by atoms with Crippen molar-refractivity contribution < 1.29 is 14.3 Å². The van der Waals surface area contributed by atoms with Crippen LogP contribution in [-0.4, -0.2) is 31.3 Å².